The van der Waals surface area contributed by atoms with E-state index in [-0.39, 0.29) is 24.8 Å². The van der Waals surface area contributed by atoms with Crippen LogP contribution >= 0.6 is 11.6 Å². The minimum absolute atomic E-state index is 0.0552. The predicted octanol–water partition coefficient (Wildman–Crippen LogP) is 4.34. The van der Waals surface area contributed by atoms with Crippen LogP contribution in [-0.2, 0) is 9.53 Å². The van der Waals surface area contributed by atoms with E-state index in [2.05, 4.69) is 0 Å². The topological polar surface area (TPSA) is 59.1 Å². The standard InChI is InChI=1S/C26H31ClN2O4/c1-20-16-22(10-11-23(20)27)32-19-26(17-24(30)28-12-6-3-7-13-28)18-29(14-15-33-26)25(31)21-8-4-2-5-9-21/h2,4-5,8-11,16H,3,6-7,12-15,17-19H2,1H3. The van der Waals surface area contributed by atoms with E-state index in [1.54, 1.807) is 11.0 Å². The first-order valence-electron chi connectivity index (χ1n) is 11.6. The average Bonchev–Trinajstić information content (AvgIpc) is 2.85. The zero-order chi connectivity index (χ0) is 23.3. The third kappa shape index (κ3) is 5.87. The molecule has 2 aliphatic heterocycles. The number of rotatable bonds is 6. The maximum Gasteiger partial charge on any atom is 0.254 e. The predicted molar refractivity (Wildman–Crippen MR) is 128 cm³/mol. The van der Waals surface area contributed by atoms with Crippen molar-refractivity contribution < 1.29 is 19.1 Å². The molecule has 2 aromatic carbocycles. The summed E-state index contributed by atoms with van der Waals surface area (Å²) in [6.45, 7) is 4.78. The van der Waals surface area contributed by atoms with E-state index < -0.39 is 5.60 Å². The van der Waals surface area contributed by atoms with Gasteiger partial charge >= 0.3 is 0 Å². The SMILES string of the molecule is Cc1cc(OCC2(CC(=O)N3CCCCC3)CN(C(=O)c3ccccc3)CCO2)ccc1Cl. The number of nitrogens with zero attached hydrogens (tertiary/aromatic N) is 2. The van der Waals surface area contributed by atoms with Crippen LogP contribution in [0.5, 0.6) is 5.75 Å². The summed E-state index contributed by atoms with van der Waals surface area (Å²) >= 11 is 6.15. The van der Waals surface area contributed by atoms with Gasteiger partial charge in [0.25, 0.3) is 5.91 Å². The van der Waals surface area contributed by atoms with Gasteiger partial charge in [-0.05, 0) is 62.1 Å². The fourth-order valence-corrected chi connectivity index (χ4v) is 4.60. The molecule has 2 heterocycles. The molecule has 2 amide bonds. The van der Waals surface area contributed by atoms with Crippen LogP contribution in [0.4, 0.5) is 0 Å². The second kappa shape index (κ2) is 10.6. The molecule has 7 heteroatoms. The van der Waals surface area contributed by atoms with E-state index in [9.17, 15) is 9.59 Å². The van der Waals surface area contributed by atoms with Gasteiger partial charge in [-0.2, -0.15) is 0 Å². The van der Waals surface area contributed by atoms with Crippen molar-refractivity contribution in [2.75, 3.05) is 39.4 Å². The van der Waals surface area contributed by atoms with Gasteiger partial charge < -0.3 is 19.3 Å². The first kappa shape index (κ1) is 23.6. The molecule has 1 atom stereocenters. The second-order valence-electron chi connectivity index (χ2n) is 8.94. The molecule has 4 rings (SSSR count). The molecule has 6 nitrogen and oxygen atoms in total. The van der Waals surface area contributed by atoms with Gasteiger partial charge in [-0.3, -0.25) is 9.59 Å². The smallest absolute Gasteiger partial charge is 0.254 e. The molecule has 0 saturated carbocycles. The number of ether oxygens (including phenoxy) is 2. The normalized spacial score (nSPS) is 21.0. The molecule has 33 heavy (non-hydrogen) atoms. The quantitative estimate of drug-likeness (QED) is 0.630. The number of carbonyl (C=O) groups excluding carboxylic acids is 2. The summed E-state index contributed by atoms with van der Waals surface area (Å²) in [6.07, 6.45) is 3.39. The third-order valence-corrected chi connectivity index (χ3v) is 6.79. The van der Waals surface area contributed by atoms with Crippen molar-refractivity contribution in [1.82, 2.24) is 9.80 Å². The lowest BCUT2D eigenvalue weighted by atomic mass is 9.95. The highest BCUT2D eigenvalue weighted by Crippen LogP contribution is 2.28. The van der Waals surface area contributed by atoms with Crippen LogP contribution < -0.4 is 4.74 Å². The lowest BCUT2D eigenvalue weighted by molar-refractivity contribution is -0.153. The molecule has 2 saturated heterocycles. The van der Waals surface area contributed by atoms with Crippen LogP contribution in [-0.4, -0.2) is 66.6 Å². The Labute approximate surface area is 200 Å². The van der Waals surface area contributed by atoms with E-state index in [1.807, 2.05) is 54.3 Å². The number of benzene rings is 2. The van der Waals surface area contributed by atoms with Crippen LogP contribution in [0, 0.1) is 6.92 Å². The van der Waals surface area contributed by atoms with Crippen molar-refractivity contribution in [3.8, 4) is 5.75 Å². The monoisotopic (exact) mass is 470 g/mol. The number of halogens is 1. The van der Waals surface area contributed by atoms with E-state index in [4.69, 9.17) is 21.1 Å². The van der Waals surface area contributed by atoms with Gasteiger partial charge in [0.15, 0.2) is 0 Å². The molecule has 1 unspecified atom stereocenters. The minimum Gasteiger partial charge on any atom is -0.490 e. The summed E-state index contributed by atoms with van der Waals surface area (Å²) in [5, 5.41) is 0.672. The number of hydrogen-bond acceptors (Lipinski definition) is 4. The number of hydrogen-bond donors (Lipinski definition) is 0. The highest BCUT2D eigenvalue weighted by Gasteiger charge is 2.42. The fourth-order valence-electron chi connectivity index (χ4n) is 4.48. The number of aryl methyl sites for hydroxylation is 1. The maximum absolute atomic E-state index is 13.2. The Morgan fingerprint density at radius 3 is 2.52 bits per heavy atom. The van der Waals surface area contributed by atoms with Gasteiger partial charge in [0.1, 0.15) is 18.0 Å². The van der Waals surface area contributed by atoms with Gasteiger partial charge in [0, 0.05) is 30.2 Å². The highest BCUT2D eigenvalue weighted by molar-refractivity contribution is 6.31. The number of likely N-dealkylation sites (tertiary alicyclic amines) is 1. The molecule has 0 bridgehead atoms. The van der Waals surface area contributed by atoms with Crippen molar-refractivity contribution >= 4 is 23.4 Å². The Kier molecular flexibility index (Phi) is 7.56. The van der Waals surface area contributed by atoms with Gasteiger partial charge in [-0.25, -0.2) is 0 Å². The molecule has 0 N–H and O–H groups in total. The lowest BCUT2D eigenvalue weighted by Gasteiger charge is -2.43. The average molecular weight is 471 g/mol. The number of carbonyl (C=O) groups is 2. The zero-order valence-corrected chi connectivity index (χ0v) is 19.9. The number of piperidine rings is 1. The van der Waals surface area contributed by atoms with Crippen molar-refractivity contribution in [3.05, 3.63) is 64.7 Å². The third-order valence-electron chi connectivity index (χ3n) is 6.37. The summed E-state index contributed by atoms with van der Waals surface area (Å²) in [5.41, 5.74) is 0.632. The van der Waals surface area contributed by atoms with Crippen LogP contribution in [0.25, 0.3) is 0 Å². The largest absolute Gasteiger partial charge is 0.490 e. The number of amides is 2. The maximum atomic E-state index is 13.2. The van der Waals surface area contributed by atoms with Crippen molar-refractivity contribution in [2.24, 2.45) is 0 Å². The molecule has 0 radical (unpaired) electrons. The van der Waals surface area contributed by atoms with E-state index in [1.165, 1.54) is 0 Å². The Balaban J connectivity index is 1.53. The van der Waals surface area contributed by atoms with E-state index in [0.29, 0.717) is 36.0 Å². The van der Waals surface area contributed by atoms with Gasteiger partial charge in [-0.1, -0.05) is 29.8 Å². The zero-order valence-electron chi connectivity index (χ0n) is 19.1. The molecule has 2 fully saturated rings. The van der Waals surface area contributed by atoms with E-state index >= 15 is 0 Å². The highest BCUT2D eigenvalue weighted by atomic mass is 35.5. The van der Waals surface area contributed by atoms with Crippen molar-refractivity contribution in [2.45, 2.75) is 38.2 Å². The summed E-state index contributed by atoms with van der Waals surface area (Å²) in [7, 11) is 0. The molecule has 0 aliphatic carbocycles. The number of morpholine rings is 1. The van der Waals surface area contributed by atoms with Crippen LogP contribution in [0.3, 0.4) is 0 Å². The molecule has 0 aromatic heterocycles. The van der Waals surface area contributed by atoms with Crippen LogP contribution in [0.15, 0.2) is 48.5 Å². The second-order valence-corrected chi connectivity index (χ2v) is 9.35. The lowest BCUT2D eigenvalue weighted by Crippen LogP contribution is -2.58. The first-order chi connectivity index (χ1) is 16.0. The molecule has 2 aliphatic rings. The Morgan fingerprint density at radius 2 is 1.79 bits per heavy atom. The van der Waals surface area contributed by atoms with Gasteiger partial charge in [0.05, 0.1) is 19.6 Å². The molecule has 176 valence electrons. The van der Waals surface area contributed by atoms with Gasteiger partial charge in [0.2, 0.25) is 5.91 Å². The van der Waals surface area contributed by atoms with Crippen LogP contribution in [0.2, 0.25) is 5.02 Å². The Hall–Kier alpha value is -2.57. The molecular weight excluding hydrogens is 440 g/mol. The summed E-state index contributed by atoms with van der Waals surface area (Å²) in [6, 6.07) is 14.7. The summed E-state index contributed by atoms with van der Waals surface area (Å²) in [5.74, 6) is 0.660. The summed E-state index contributed by atoms with van der Waals surface area (Å²) < 4.78 is 12.3. The summed E-state index contributed by atoms with van der Waals surface area (Å²) in [4.78, 5) is 30.0. The molecule has 0 spiro atoms. The van der Waals surface area contributed by atoms with Crippen LogP contribution in [0.1, 0.15) is 41.6 Å². The minimum atomic E-state index is -0.912. The van der Waals surface area contributed by atoms with Gasteiger partial charge in [-0.15, -0.1) is 0 Å². The van der Waals surface area contributed by atoms with E-state index in [0.717, 1.165) is 37.9 Å². The first-order valence-corrected chi connectivity index (χ1v) is 12.0. The fraction of sp³-hybridized carbons (Fsp3) is 0.462. The molecular formula is C26H31ClN2O4. The van der Waals surface area contributed by atoms with Crippen molar-refractivity contribution in [3.63, 3.8) is 0 Å². The Morgan fingerprint density at radius 1 is 1.03 bits per heavy atom. The van der Waals surface area contributed by atoms with Crippen molar-refractivity contribution in [1.29, 1.82) is 0 Å². The Bertz CT molecular complexity index is 978. The molecule has 2 aromatic rings.